The minimum atomic E-state index is 0.615. The predicted molar refractivity (Wildman–Crippen MR) is 121 cm³/mol. The van der Waals surface area contributed by atoms with E-state index in [1.165, 1.54) is 32.1 Å². The van der Waals surface area contributed by atoms with E-state index in [1.54, 1.807) is 0 Å². The fourth-order valence-electron chi connectivity index (χ4n) is 3.65. The molecule has 0 N–H and O–H groups in total. The lowest BCUT2D eigenvalue weighted by Gasteiger charge is -2.41. The fraction of sp³-hybridized carbons (Fsp3) is 0.320. The summed E-state index contributed by atoms with van der Waals surface area (Å²) in [6, 6.07) is 20.1. The molecule has 28 heavy (non-hydrogen) atoms. The molecule has 1 aliphatic rings. The van der Waals surface area contributed by atoms with Crippen molar-refractivity contribution < 1.29 is 0 Å². The topological polar surface area (TPSA) is 16.1 Å². The maximum Gasteiger partial charge on any atom is 0.0987 e. The normalized spacial score (nSPS) is 15.0. The molecule has 0 radical (unpaired) electrons. The summed E-state index contributed by atoms with van der Waals surface area (Å²) in [7, 11) is 0. The van der Waals surface area contributed by atoms with Crippen LogP contribution in [-0.2, 0) is 6.42 Å². The highest BCUT2D eigenvalue weighted by molar-refractivity contribution is 7.15. The minimum absolute atomic E-state index is 0.615. The molecular weight excluding hydrogens is 360 g/mol. The van der Waals surface area contributed by atoms with Crippen LogP contribution in [0.25, 0.3) is 16.0 Å². The van der Waals surface area contributed by atoms with Crippen molar-refractivity contribution in [2.75, 3.05) is 13.1 Å². The van der Waals surface area contributed by atoms with Crippen LogP contribution in [0.3, 0.4) is 0 Å². The van der Waals surface area contributed by atoms with Gasteiger partial charge in [-0.15, -0.1) is 11.3 Å². The third-order valence-corrected chi connectivity index (χ3v) is 6.86. The van der Waals surface area contributed by atoms with Gasteiger partial charge in [-0.05, 0) is 49.0 Å². The third kappa shape index (κ3) is 4.26. The molecule has 1 saturated heterocycles. The van der Waals surface area contributed by atoms with Gasteiger partial charge in [-0.2, -0.15) is 0 Å². The molecule has 0 aliphatic carbocycles. The number of nitrogens with zero attached hydrogens (tertiary/aromatic N) is 2. The lowest BCUT2D eigenvalue weighted by Crippen LogP contribution is -2.48. The van der Waals surface area contributed by atoms with Crippen LogP contribution in [0.15, 0.2) is 67.4 Å². The smallest absolute Gasteiger partial charge is 0.0987 e. The van der Waals surface area contributed by atoms with Crippen LogP contribution in [0.2, 0.25) is 0 Å². The summed E-state index contributed by atoms with van der Waals surface area (Å²) in [4.78, 5) is 8.48. The summed E-state index contributed by atoms with van der Waals surface area (Å²) in [5.74, 6) is 0.615. The Balaban J connectivity index is 1.34. The van der Waals surface area contributed by atoms with Crippen molar-refractivity contribution in [2.24, 2.45) is 0 Å². The number of thiazole rings is 1. The fourth-order valence-corrected chi connectivity index (χ4v) is 4.66. The van der Waals surface area contributed by atoms with Gasteiger partial charge in [0.2, 0.25) is 0 Å². The number of likely N-dealkylation sites (tertiary alicyclic amines) is 1. The van der Waals surface area contributed by atoms with Crippen molar-refractivity contribution in [1.82, 2.24) is 9.88 Å². The molecule has 0 unspecified atom stereocenters. The van der Waals surface area contributed by atoms with Gasteiger partial charge in [0.15, 0.2) is 0 Å². The minimum Gasteiger partial charge on any atom is -0.299 e. The maximum atomic E-state index is 4.70. The number of hydrogen-bond donors (Lipinski definition) is 0. The molecule has 2 nitrogen and oxygen atoms in total. The molecule has 1 fully saturated rings. The second kappa shape index (κ2) is 8.42. The number of aromatic nitrogens is 1. The zero-order valence-corrected chi connectivity index (χ0v) is 17.6. The van der Waals surface area contributed by atoms with Gasteiger partial charge in [0, 0.05) is 31.2 Å². The zero-order valence-electron chi connectivity index (χ0n) is 16.8. The van der Waals surface area contributed by atoms with E-state index in [2.05, 4.69) is 73.9 Å². The van der Waals surface area contributed by atoms with Gasteiger partial charge in [0.1, 0.15) is 0 Å². The van der Waals surface area contributed by atoms with Gasteiger partial charge >= 0.3 is 0 Å². The Morgan fingerprint density at radius 1 is 1.11 bits per heavy atom. The van der Waals surface area contributed by atoms with E-state index >= 15 is 0 Å². The molecule has 4 rings (SSSR count). The first-order chi connectivity index (χ1) is 13.6. The average Bonchev–Trinajstić information content (AvgIpc) is 3.15. The number of benzene rings is 2. The van der Waals surface area contributed by atoms with E-state index in [4.69, 9.17) is 4.98 Å². The SMILES string of the molecule is C=C(CCc1ccc(-c2cnc(C3CN(C(C)C)C3)s2)cc1)c1ccccc1. The van der Waals surface area contributed by atoms with Gasteiger partial charge in [-0.25, -0.2) is 4.98 Å². The van der Waals surface area contributed by atoms with Crippen LogP contribution in [0.5, 0.6) is 0 Å². The van der Waals surface area contributed by atoms with E-state index in [0.717, 1.165) is 25.9 Å². The highest BCUT2D eigenvalue weighted by Gasteiger charge is 2.31. The maximum absolute atomic E-state index is 4.70. The van der Waals surface area contributed by atoms with Crippen LogP contribution in [0.4, 0.5) is 0 Å². The standard InChI is InChI=1S/C25H28N2S/c1-18(2)27-16-23(17-27)25-26-15-24(28-25)22-13-11-20(12-14-22)10-9-19(3)21-7-5-4-6-8-21/h4-8,11-15,18,23H,3,9-10,16-17H2,1-2H3. The van der Waals surface area contributed by atoms with Crippen molar-refractivity contribution in [1.29, 1.82) is 0 Å². The van der Waals surface area contributed by atoms with Crippen molar-refractivity contribution in [3.63, 3.8) is 0 Å². The molecular formula is C25H28N2S. The monoisotopic (exact) mass is 388 g/mol. The van der Waals surface area contributed by atoms with Gasteiger partial charge in [0.25, 0.3) is 0 Å². The molecule has 0 atom stereocenters. The summed E-state index contributed by atoms with van der Waals surface area (Å²) >= 11 is 1.85. The number of allylic oxidation sites excluding steroid dienone is 1. The first-order valence-electron chi connectivity index (χ1n) is 10.1. The van der Waals surface area contributed by atoms with Crippen molar-refractivity contribution >= 4 is 16.9 Å². The van der Waals surface area contributed by atoms with E-state index in [-0.39, 0.29) is 0 Å². The Hall–Kier alpha value is -2.23. The molecule has 2 aromatic carbocycles. The summed E-state index contributed by atoms with van der Waals surface area (Å²) in [5, 5.41) is 1.29. The summed E-state index contributed by atoms with van der Waals surface area (Å²) in [6.45, 7) is 11.1. The molecule has 3 aromatic rings. The first-order valence-corrected chi connectivity index (χ1v) is 10.9. The highest BCUT2D eigenvalue weighted by Crippen LogP contribution is 2.35. The summed E-state index contributed by atoms with van der Waals surface area (Å²) in [5.41, 5.74) is 5.07. The lowest BCUT2D eigenvalue weighted by molar-refractivity contribution is 0.110. The Labute approximate surface area is 172 Å². The molecule has 0 amide bonds. The summed E-state index contributed by atoms with van der Waals surface area (Å²) in [6.07, 6.45) is 4.06. The van der Waals surface area contributed by atoms with E-state index in [1.807, 2.05) is 23.6 Å². The van der Waals surface area contributed by atoms with Crippen molar-refractivity contribution in [3.05, 3.63) is 83.5 Å². The van der Waals surface area contributed by atoms with Crippen LogP contribution in [0.1, 0.15) is 42.3 Å². The van der Waals surface area contributed by atoms with E-state index in [0.29, 0.717) is 12.0 Å². The molecule has 144 valence electrons. The lowest BCUT2D eigenvalue weighted by atomic mass is 9.99. The molecule has 0 saturated carbocycles. The van der Waals surface area contributed by atoms with Crippen molar-refractivity contribution in [3.8, 4) is 10.4 Å². The molecule has 0 bridgehead atoms. The molecule has 2 heterocycles. The quantitative estimate of drug-likeness (QED) is 0.474. The number of rotatable bonds is 7. The molecule has 0 spiro atoms. The molecule has 3 heteroatoms. The Kier molecular flexibility index (Phi) is 5.74. The van der Waals surface area contributed by atoms with Crippen LogP contribution >= 0.6 is 11.3 Å². The van der Waals surface area contributed by atoms with Crippen LogP contribution < -0.4 is 0 Å². The highest BCUT2D eigenvalue weighted by atomic mass is 32.1. The van der Waals surface area contributed by atoms with Crippen molar-refractivity contribution in [2.45, 2.75) is 38.6 Å². The van der Waals surface area contributed by atoms with Gasteiger partial charge in [-0.1, -0.05) is 61.2 Å². The second-order valence-corrected chi connectivity index (χ2v) is 9.04. The van der Waals surface area contributed by atoms with Crippen LogP contribution in [-0.4, -0.2) is 29.0 Å². The first kappa shape index (κ1) is 19.1. The summed E-state index contributed by atoms with van der Waals surface area (Å²) < 4.78 is 0. The van der Waals surface area contributed by atoms with Gasteiger partial charge < -0.3 is 0 Å². The third-order valence-electron chi connectivity index (χ3n) is 5.65. The number of hydrogen-bond acceptors (Lipinski definition) is 3. The second-order valence-electron chi connectivity index (χ2n) is 7.97. The number of aryl methyl sites for hydroxylation is 1. The van der Waals surface area contributed by atoms with Crippen LogP contribution in [0, 0.1) is 0 Å². The Bertz CT molecular complexity index is 919. The van der Waals surface area contributed by atoms with Gasteiger partial charge in [0.05, 0.1) is 9.88 Å². The zero-order chi connectivity index (χ0) is 19.5. The average molecular weight is 389 g/mol. The Morgan fingerprint density at radius 2 is 1.82 bits per heavy atom. The predicted octanol–water partition coefficient (Wildman–Crippen LogP) is 6.26. The van der Waals surface area contributed by atoms with E-state index < -0.39 is 0 Å². The largest absolute Gasteiger partial charge is 0.299 e. The Morgan fingerprint density at radius 3 is 2.50 bits per heavy atom. The molecule has 1 aromatic heterocycles. The molecule has 1 aliphatic heterocycles. The van der Waals surface area contributed by atoms with E-state index in [9.17, 15) is 0 Å². The van der Waals surface area contributed by atoms with Gasteiger partial charge in [-0.3, -0.25) is 4.90 Å².